The predicted molar refractivity (Wildman–Crippen MR) is 123 cm³/mol. The number of nitrogens with zero attached hydrogens (tertiary/aromatic N) is 1. The molecular formula is C26H26N2O2. The quantitative estimate of drug-likeness (QED) is 0.367. The molecule has 1 aromatic heterocycles. The molecule has 0 bridgehead atoms. The smallest absolute Gasteiger partial charge is 0.337 e. The lowest BCUT2D eigenvalue weighted by Gasteiger charge is -2.14. The number of rotatable bonds is 7. The van der Waals surface area contributed by atoms with Crippen molar-refractivity contribution in [3.63, 3.8) is 0 Å². The van der Waals surface area contributed by atoms with Crippen LogP contribution >= 0.6 is 0 Å². The lowest BCUT2D eigenvalue weighted by atomic mass is 9.96. The van der Waals surface area contributed by atoms with Gasteiger partial charge in [-0.3, -0.25) is 0 Å². The van der Waals surface area contributed by atoms with Gasteiger partial charge in [-0.1, -0.05) is 50.2 Å². The van der Waals surface area contributed by atoms with E-state index >= 15 is 0 Å². The largest absolute Gasteiger partial charge is 0.478 e. The van der Waals surface area contributed by atoms with Gasteiger partial charge in [-0.05, 0) is 59.9 Å². The van der Waals surface area contributed by atoms with E-state index in [1.165, 1.54) is 5.56 Å². The molecule has 0 amide bonds. The average molecular weight is 399 g/mol. The van der Waals surface area contributed by atoms with Gasteiger partial charge in [0.1, 0.15) is 0 Å². The number of carboxylic acids is 1. The van der Waals surface area contributed by atoms with Gasteiger partial charge in [0.25, 0.3) is 0 Å². The number of aromatic carboxylic acids is 1. The van der Waals surface area contributed by atoms with Gasteiger partial charge in [0.15, 0.2) is 0 Å². The number of fused-ring (bicyclic) bond motifs is 1. The first-order chi connectivity index (χ1) is 14.5. The Labute approximate surface area is 176 Å². The Morgan fingerprint density at radius 3 is 2.57 bits per heavy atom. The monoisotopic (exact) mass is 398 g/mol. The summed E-state index contributed by atoms with van der Waals surface area (Å²) in [5.41, 5.74) is 5.24. The van der Waals surface area contributed by atoms with E-state index in [1.54, 1.807) is 6.07 Å². The Bertz CT molecular complexity index is 1180. The molecule has 4 aromatic rings. The summed E-state index contributed by atoms with van der Waals surface area (Å²) in [6.45, 7) is 5.04. The second kappa shape index (κ2) is 8.46. The van der Waals surface area contributed by atoms with Crippen LogP contribution in [0.3, 0.4) is 0 Å². The summed E-state index contributed by atoms with van der Waals surface area (Å²) in [5, 5.41) is 14.1. The second-order valence-electron chi connectivity index (χ2n) is 7.75. The highest BCUT2D eigenvalue weighted by Gasteiger charge is 2.14. The Balaban J connectivity index is 1.61. The highest BCUT2D eigenvalue weighted by atomic mass is 16.4. The van der Waals surface area contributed by atoms with Gasteiger partial charge < -0.3 is 15.0 Å². The number of anilines is 2. The summed E-state index contributed by atoms with van der Waals surface area (Å²) in [7, 11) is 0. The fourth-order valence-corrected chi connectivity index (χ4v) is 3.74. The molecule has 4 heteroatoms. The number of carboxylic acid groups (broad SMARTS) is 1. The third-order valence-electron chi connectivity index (χ3n) is 5.70. The lowest BCUT2D eigenvalue weighted by Crippen LogP contribution is -2.05. The van der Waals surface area contributed by atoms with E-state index in [1.807, 2.05) is 24.3 Å². The molecule has 0 fully saturated rings. The third kappa shape index (κ3) is 4.08. The van der Waals surface area contributed by atoms with Gasteiger partial charge in [0.2, 0.25) is 0 Å². The number of aromatic nitrogens is 1. The van der Waals surface area contributed by atoms with Gasteiger partial charge in [0, 0.05) is 29.3 Å². The van der Waals surface area contributed by atoms with Crippen LogP contribution < -0.4 is 5.32 Å². The van der Waals surface area contributed by atoms with Gasteiger partial charge >= 0.3 is 5.97 Å². The van der Waals surface area contributed by atoms with E-state index in [0.717, 1.165) is 35.1 Å². The molecule has 0 saturated carbocycles. The number of nitrogens with one attached hydrogen (secondary N) is 1. The number of benzene rings is 3. The van der Waals surface area contributed by atoms with Crippen molar-refractivity contribution in [1.82, 2.24) is 4.57 Å². The van der Waals surface area contributed by atoms with Crippen LogP contribution in [0.5, 0.6) is 0 Å². The van der Waals surface area contributed by atoms with Crippen LogP contribution in [-0.4, -0.2) is 15.6 Å². The van der Waals surface area contributed by atoms with Gasteiger partial charge in [-0.15, -0.1) is 0 Å². The van der Waals surface area contributed by atoms with Gasteiger partial charge in [-0.2, -0.15) is 0 Å². The second-order valence-corrected chi connectivity index (χ2v) is 7.75. The molecule has 0 saturated heterocycles. The van der Waals surface area contributed by atoms with Crippen molar-refractivity contribution in [3.05, 3.63) is 95.7 Å². The first kappa shape index (κ1) is 19.8. The molecule has 2 N–H and O–H groups in total. The summed E-state index contributed by atoms with van der Waals surface area (Å²) in [5.74, 6) is -0.587. The summed E-state index contributed by atoms with van der Waals surface area (Å²) >= 11 is 0. The van der Waals surface area contributed by atoms with E-state index in [0.29, 0.717) is 17.2 Å². The highest BCUT2D eigenvalue weighted by Crippen LogP contribution is 2.29. The summed E-state index contributed by atoms with van der Waals surface area (Å²) < 4.78 is 2.22. The SMILES string of the molecule is CCC(C)c1ccc(Nc2ccc3c(ccn3Cc3ccccc3)c2)c(C(=O)O)c1. The number of hydrogen-bond donors (Lipinski definition) is 2. The molecule has 1 heterocycles. The topological polar surface area (TPSA) is 54.3 Å². The summed E-state index contributed by atoms with van der Waals surface area (Å²) in [6.07, 6.45) is 3.06. The van der Waals surface area contributed by atoms with E-state index < -0.39 is 5.97 Å². The molecule has 0 spiro atoms. The van der Waals surface area contributed by atoms with Crippen LogP contribution in [0, 0.1) is 0 Å². The van der Waals surface area contributed by atoms with Crippen LogP contribution in [0.15, 0.2) is 79.0 Å². The summed E-state index contributed by atoms with van der Waals surface area (Å²) in [4.78, 5) is 11.8. The molecule has 0 aliphatic rings. The Hall–Kier alpha value is -3.53. The lowest BCUT2D eigenvalue weighted by molar-refractivity contribution is 0.0698. The standard InChI is InChI=1S/C26H26N2O2/c1-3-18(2)20-9-11-24(23(16-20)26(29)30)27-22-10-12-25-21(15-22)13-14-28(25)17-19-7-5-4-6-8-19/h4-16,18,27H,3,17H2,1-2H3,(H,29,30). The third-order valence-corrected chi connectivity index (χ3v) is 5.70. The average Bonchev–Trinajstić information content (AvgIpc) is 3.16. The van der Waals surface area contributed by atoms with Crippen molar-refractivity contribution < 1.29 is 9.90 Å². The fraction of sp³-hybridized carbons (Fsp3) is 0.192. The van der Waals surface area contributed by atoms with Crippen molar-refractivity contribution in [3.8, 4) is 0 Å². The Morgan fingerprint density at radius 2 is 1.83 bits per heavy atom. The van der Waals surface area contributed by atoms with Crippen LogP contribution in [0.2, 0.25) is 0 Å². The van der Waals surface area contributed by atoms with Crippen molar-refractivity contribution in [2.24, 2.45) is 0 Å². The minimum absolute atomic E-state index is 0.301. The normalized spacial score (nSPS) is 12.1. The summed E-state index contributed by atoms with van der Waals surface area (Å²) in [6, 6.07) is 24.3. The molecule has 4 rings (SSSR count). The number of hydrogen-bond acceptors (Lipinski definition) is 2. The molecule has 0 aliphatic carbocycles. The Kier molecular flexibility index (Phi) is 5.57. The zero-order valence-electron chi connectivity index (χ0n) is 17.3. The van der Waals surface area contributed by atoms with E-state index in [-0.39, 0.29) is 0 Å². The maximum atomic E-state index is 11.8. The van der Waals surface area contributed by atoms with Crippen LogP contribution in [-0.2, 0) is 6.54 Å². The van der Waals surface area contributed by atoms with E-state index in [2.05, 4.69) is 72.4 Å². The minimum atomic E-state index is -0.919. The molecule has 152 valence electrons. The highest BCUT2D eigenvalue weighted by molar-refractivity contribution is 5.96. The van der Waals surface area contributed by atoms with Crippen LogP contribution in [0.4, 0.5) is 11.4 Å². The minimum Gasteiger partial charge on any atom is -0.478 e. The molecule has 1 atom stereocenters. The fourth-order valence-electron chi connectivity index (χ4n) is 3.74. The molecule has 3 aromatic carbocycles. The maximum absolute atomic E-state index is 11.8. The van der Waals surface area contributed by atoms with Gasteiger partial charge in [0.05, 0.1) is 11.3 Å². The zero-order valence-corrected chi connectivity index (χ0v) is 17.3. The molecule has 4 nitrogen and oxygen atoms in total. The van der Waals surface area contributed by atoms with Gasteiger partial charge in [-0.25, -0.2) is 4.79 Å². The van der Waals surface area contributed by atoms with Crippen molar-refractivity contribution >= 4 is 28.2 Å². The first-order valence-electron chi connectivity index (χ1n) is 10.3. The van der Waals surface area contributed by atoms with E-state index in [4.69, 9.17) is 0 Å². The van der Waals surface area contributed by atoms with E-state index in [9.17, 15) is 9.90 Å². The van der Waals surface area contributed by atoms with Crippen LogP contribution in [0.25, 0.3) is 10.9 Å². The van der Waals surface area contributed by atoms with Crippen LogP contribution in [0.1, 0.15) is 47.7 Å². The van der Waals surface area contributed by atoms with Crippen molar-refractivity contribution in [2.45, 2.75) is 32.7 Å². The molecular weight excluding hydrogens is 372 g/mol. The molecule has 0 aliphatic heterocycles. The Morgan fingerprint density at radius 1 is 1.03 bits per heavy atom. The molecule has 30 heavy (non-hydrogen) atoms. The molecule has 0 radical (unpaired) electrons. The van der Waals surface area contributed by atoms with Crippen molar-refractivity contribution in [2.75, 3.05) is 5.32 Å². The molecule has 1 unspecified atom stereocenters. The van der Waals surface area contributed by atoms with Crippen molar-refractivity contribution in [1.29, 1.82) is 0 Å². The number of carbonyl (C=O) groups is 1. The zero-order chi connectivity index (χ0) is 21.1. The first-order valence-corrected chi connectivity index (χ1v) is 10.3. The maximum Gasteiger partial charge on any atom is 0.337 e. The predicted octanol–water partition coefficient (Wildman–Crippen LogP) is 6.64.